The van der Waals surface area contributed by atoms with Crippen LogP contribution in [0, 0.1) is 0 Å². The maximum Gasteiger partial charge on any atom is 0.0142 e. The minimum atomic E-state index is 0.148. The molecule has 0 radical (unpaired) electrons. The van der Waals surface area contributed by atoms with E-state index in [0.717, 1.165) is 10.2 Å². The van der Waals surface area contributed by atoms with Gasteiger partial charge in [0.15, 0.2) is 0 Å². The molecule has 0 aromatic heterocycles. The number of allylic oxidation sites excluding steroid dienone is 3. The van der Waals surface area contributed by atoms with Gasteiger partial charge in [-0.25, -0.2) is 0 Å². The zero-order valence-corrected chi connectivity index (χ0v) is 18.6. The van der Waals surface area contributed by atoms with Crippen LogP contribution in [0.25, 0.3) is 18.2 Å². The summed E-state index contributed by atoms with van der Waals surface area (Å²) < 4.78 is 0. The van der Waals surface area contributed by atoms with Crippen LogP contribution in [0.4, 0.5) is 0 Å². The summed E-state index contributed by atoms with van der Waals surface area (Å²) in [6.45, 7) is 0. The Labute approximate surface area is 175 Å². The molecule has 0 spiro atoms. The van der Waals surface area contributed by atoms with Crippen molar-refractivity contribution in [2.75, 3.05) is 0 Å². The van der Waals surface area contributed by atoms with Crippen molar-refractivity contribution >= 4 is 28.5 Å². The Morgan fingerprint density at radius 1 is 0.483 bits per heavy atom. The highest BCUT2D eigenvalue weighted by molar-refractivity contribution is 6.19. The van der Waals surface area contributed by atoms with Gasteiger partial charge < -0.3 is 0 Å². The second-order valence-corrected chi connectivity index (χ2v) is 10.5. The molecular formula is C28H24Si. The Morgan fingerprint density at radius 3 is 1.14 bits per heavy atom. The van der Waals surface area contributed by atoms with E-state index in [9.17, 15) is 0 Å². The number of benzene rings is 3. The molecule has 0 saturated heterocycles. The van der Waals surface area contributed by atoms with Gasteiger partial charge in [0, 0.05) is 28.0 Å². The van der Waals surface area contributed by atoms with Gasteiger partial charge >= 0.3 is 0 Å². The van der Waals surface area contributed by atoms with Crippen molar-refractivity contribution in [3.63, 3.8) is 0 Å². The lowest BCUT2D eigenvalue weighted by Gasteiger charge is -2.45. The summed E-state index contributed by atoms with van der Waals surface area (Å²) in [5.41, 5.74) is 8.67. The highest BCUT2D eigenvalue weighted by Crippen LogP contribution is 2.65. The Morgan fingerprint density at radius 2 is 0.793 bits per heavy atom. The Hall–Kier alpha value is -2.90. The molecule has 1 heteroatoms. The first kappa shape index (κ1) is 17.0. The first-order chi connectivity index (χ1) is 14.3. The molecule has 6 rings (SSSR count). The summed E-state index contributed by atoms with van der Waals surface area (Å²) in [6, 6.07) is 27.0. The number of fused-ring (bicyclic) bond motifs is 3. The van der Waals surface area contributed by atoms with Crippen LogP contribution < -0.4 is 0 Å². The van der Waals surface area contributed by atoms with Crippen molar-refractivity contribution in [3.8, 4) is 0 Å². The predicted molar refractivity (Wildman–Crippen MR) is 127 cm³/mol. The largest absolute Gasteiger partial charge is 0.0761 e. The lowest BCUT2D eigenvalue weighted by Crippen LogP contribution is -2.32. The molecule has 0 saturated carbocycles. The molecule has 0 aliphatic heterocycles. The van der Waals surface area contributed by atoms with Gasteiger partial charge in [-0.1, -0.05) is 109 Å². The lowest BCUT2D eigenvalue weighted by atomic mass is 9.67. The van der Waals surface area contributed by atoms with E-state index in [4.69, 9.17) is 0 Å². The molecule has 140 valence electrons. The lowest BCUT2D eigenvalue weighted by molar-refractivity contribution is 0.427. The van der Waals surface area contributed by atoms with Crippen molar-refractivity contribution < 1.29 is 0 Å². The number of hydrogen-bond donors (Lipinski definition) is 0. The molecule has 29 heavy (non-hydrogen) atoms. The van der Waals surface area contributed by atoms with Gasteiger partial charge in [0.1, 0.15) is 0 Å². The summed E-state index contributed by atoms with van der Waals surface area (Å²) in [5.74, 6) is 1.31. The average molecular weight is 389 g/mol. The normalized spacial score (nSPS) is 25.0. The Balaban J connectivity index is 1.57. The molecule has 3 atom stereocenters. The quantitative estimate of drug-likeness (QED) is 0.487. The van der Waals surface area contributed by atoms with E-state index >= 15 is 0 Å². The summed E-state index contributed by atoms with van der Waals surface area (Å²) in [4.78, 5) is 0. The summed E-state index contributed by atoms with van der Waals surface area (Å²) >= 11 is 0. The molecule has 0 bridgehead atoms. The SMILES string of the molecule is [SiH3]C(C1C=Cc2ccccc21)(C1C=Cc2ccccc21)C1C=Cc2ccccc21. The minimum absolute atomic E-state index is 0.148. The average Bonchev–Trinajstić information content (AvgIpc) is 3.49. The van der Waals surface area contributed by atoms with Gasteiger partial charge in [0.05, 0.1) is 0 Å². The van der Waals surface area contributed by atoms with E-state index in [1.165, 1.54) is 33.4 Å². The van der Waals surface area contributed by atoms with Crippen LogP contribution in [-0.4, -0.2) is 10.2 Å². The molecule has 3 aromatic rings. The molecule has 3 unspecified atom stereocenters. The summed E-state index contributed by atoms with van der Waals surface area (Å²) in [5, 5.41) is 0.148. The topological polar surface area (TPSA) is 0 Å². The van der Waals surface area contributed by atoms with Crippen molar-refractivity contribution in [1.29, 1.82) is 0 Å². The van der Waals surface area contributed by atoms with Crippen molar-refractivity contribution in [1.82, 2.24) is 0 Å². The van der Waals surface area contributed by atoms with Gasteiger partial charge in [-0.3, -0.25) is 0 Å². The smallest absolute Gasteiger partial charge is 0.0142 e. The third-order valence-electron chi connectivity index (χ3n) is 7.41. The number of hydrogen-bond acceptors (Lipinski definition) is 0. The second-order valence-electron chi connectivity index (χ2n) is 8.76. The van der Waals surface area contributed by atoms with Crippen LogP contribution in [-0.2, 0) is 0 Å². The fraction of sp³-hybridized carbons (Fsp3) is 0.143. The van der Waals surface area contributed by atoms with Crippen molar-refractivity contribution in [2.24, 2.45) is 0 Å². The van der Waals surface area contributed by atoms with E-state index in [2.05, 4.69) is 109 Å². The van der Waals surface area contributed by atoms with Crippen LogP contribution in [0.3, 0.4) is 0 Å². The third-order valence-corrected chi connectivity index (χ3v) is 9.27. The monoisotopic (exact) mass is 388 g/mol. The van der Waals surface area contributed by atoms with E-state index < -0.39 is 0 Å². The van der Waals surface area contributed by atoms with Gasteiger partial charge in [0.25, 0.3) is 0 Å². The fourth-order valence-electron chi connectivity index (χ4n) is 5.96. The first-order valence-corrected chi connectivity index (χ1v) is 11.6. The van der Waals surface area contributed by atoms with Crippen LogP contribution in [0.2, 0.25) is 5.04 Å². The van der Waals surface area contributed by atoms with E-state index in [1.807, 2.05) is 0 Å². The molecule has 0 nitrogen and oxygen atoms in total. The molecule has 0 heterocycles. The molecule has 0 amide bonds. The van der Waals surface area contributed by atoms with E-state index in [1.54, 1.807) is 0 Å². The van der Waals surface area contributed by atoms with Crippen LogP contribution in [0.5, 0.6) is 0 Å². The maximum atomic E-state index is 2.49. The molecular weight excluding hydrogens is 364 g/mol. The van der Waals surface area contributed by atoms with Gasteiger partial charge in [-0.2, -0.15) is 0 Å². The highest BCUT2D eigenvalue weighted by Gasteiger charge is 2.49. The molecule has 0 fully saturated rings. The molecule has 0 N–H and O–H groups in total. The standard InChI is InChI=1S/C28H24Si/c29-28(25-16-13-19-7-1-4-10-22(19)25,26-17-14-20-8-2-5-11-23(20)26)27-18-15-21-9-3-6-12-24(21)27/h1-18,25-27H,29H3. The Bertz CT molecular complexity index is 1050. The molecule has 3 aromatic carbocycles. The van der Waals surface area contributed by atoms with Gasteiger partial charge in [-0.05, 0) is 38.4 Å². The fourth-order valence-corrected chi connectivity index (χ4v) is 7.47. The van der Waals surface area contributed by atoms with Crippen LogP contribution in [0.1, 0.15) is 51.1 Å². The van der Waals surface area contributed by atoms with E-state index in [0.29, 0.717) is 17.8 Å². The summed E-state index contributed by atoms with van der Waals surface area (Å²) in [7, 11) is 1.10. The van der Waals surface area contributed by atoms with E-state index in [-0.39, 0.29) is 5.04 Å². The summed E-state index contributed by atoms with van der Waals surface area (Å²) in [6.07, 6.45) is 14.5. The van der Waals surface area contributed by atoms with Crippen molar-refractivity contribution in [3.05, 3.63) is 124 Å². The minimum Gasteiger partial charge on any atom is -0.0761 e. The van der Waals surface area contributed by atoms with Gasteiger partial charge in [0.2, 0.25) is 0 Å². The highest BCUT2D eigenvalue weighted by atomic mass is 28.1. The molecule has 3 aliphatic rings. The second kappa shape index (κ2) is 6.30. The zero-order valence-electron chi connectivity index (χ0n) is 16.6. The van der Waals surface area contributed by atoms with Crippen molar-refractivity contribution in [2.45, 2.75) is 22.8 Å². The predicted octanol–water partition coefficient (Wildman–Crippen LogP) is 5.94. The number of rotatable bonds is 3. The van der Waals surface area contributed by atoms with Crippen LogP contribution >= 0.6 is 0 Å². The first-order valence-electron chi connectivity index (χ1n) is 10.6. The third kappa shape index (κ3) is 2.37. The maximum absolute atomic E-state index is 2.49. The Kier molecular flexibility index (Phi) is 3.69. The van der Waals surface area contributed by atoms with Crippen LogP contribution in [0.15, 0.2) is 91.0 Å². The molecule has 3 aliphatic carbocycles. The van der Waals surface area contributed by atoms with Gasteiger partial charge in [-0.15, -0.1) is 0 Å². The zero-order chi connectivity index (χ0) is 19.4.